The number of nitrogens with two attached hydrogens (primary N) is 1. The van der Waals surface area contributed by atoms with Crippen molar-refractivity contribution in [3.05, 3.63) is 59.8 Å². The average molecular weight is 416 g/mol. The van der Waals surface area contributed by atoms with Gasteiger partial charge in [0.05, 0.1) is 11.2 Å². The van der Waals surface area contributed by atoms with E-state index in [0.717, 1.165) is 47.4 Å². The lowest BCUT2D eigenvalue weighted by Gasteiger charge is -2.12. The SMILES string of the molecule is CC(C)c1ccn(CC(=O)Nc2ccc(-n3c4c(c5ncnc(N)c53)CCC4)cc2)n1. The molecule has 0 aliphatic heterocycles. The molecule has 3 aromatic heterocycles. The highest BCUT2D eigenvalue weighted by molar-refractivity contribution is 5.92. The van der Waals surface area contributed by atoms with Crippen LogP contribution in [0.15, 0.2) is 42.9 Å². The maximum absolute atomic E-state index is 12.4. The number of nitrogens with one attached hydrogen (secondary N) is 1. The molecule has 0 saturated heterocycles. The first-order valence-corrected chi connectivity index (χ1v) is 10.6. The Morgan fingerprint density at radius 3 is 2.71 bits per heavy atom. The largest absolute Gasteiger partial charge is 0.382 e. The molecule has 1 aliphatic carbocycles. The van der Waals surface area contributed by atoms with Gasteiger partial charge in [0.1, 0.15) is 18.4 Å². The number of fused-ring (bicyclic) bond motifs is 3. The Bertz CT molecular complexity index is 1270. The third kappa shape index (κ3) is 3.43. The van der Waals surface area contributed by atoms with Crippen molar-refractivity contribution >= 4 is 28.4 Å². The number of hydrogen-bond acceptors (Lipinski definition) is 5. The van der Waals surface area contributed by atoms with Gasteiger partial charge in [0.25, 0.3) is 0 Å². The van der Waals surface area contributed by atoms with Crippen LogP contribution in [0.25, 0.3) is 16.7 Å². The van der Waals surface area contributed by atoms with Gasteiger partial charge in [-0.2, -0.15) is 5.10 Å². The van der Waals surface area contributed by atoms with Crippen LogP contribution in [-0.4, -0.2) is 30.2 Å². The molecular formula is C23H25N7O. The molecule has 0 fully saturated rings. The number of carbonyl (C=O) groups is 1. The molecule has 8 nitrogen and oxygen atoms in total. The van der Waals surface area contributed by atoms with Gasteiger partial charge in [-0.25, -0.2) is 9.97 Å². The summed E-state index contributed by atoms with van der Waals surface area (Å²) in [6.45, 7) is 4.34. The van der Waals surface area contributed by atoms with E-state index in [1.807, 2.05) is 36.5 Å². The van der Waals surface area contributed by atoms with Crippen LogP contribution in [0.2, 0.25) is 0 Å². The third-order valence-electron chi connectivity index (χ3n) is 5.79. The van der Waals surface area contributed by atoms with Crippen LogP contribution in [-0.2, 0) is 24.2 Å². The third-order valence-corrected chi connectivity index (χ3v) is 5.79. The zero-order chi connectivity index (χ0) is 21.5. The Kier molecular flexibility index (Phi) is 4.69. The van der Waals surface area contributed by atoms with E-state index in [1.165, 1.54) is 17.6 Å². The number of hydrogen-bond donors (Lipinski definition) is 2. The maximum Gasteiger partial charge on any atom is 0.246 e. The molecule has 1 aromatic carbocycles. The first-order valence-electron chi connectivity index (χ1n) is 10.6. The Labute approximate surface area is 180 Å². The van der Waals surface area contributed by atoms with Crippen molar-refractivity contribution in [3.8, 4) is 5.69 Å². The van der Waals surface area contributed by atoms with Gasteiger partial charge in [-0.1, -0.05) is 13.8 Å². The number of carbonyl (C=O) groups excluding carboxylic acids is 1. The molecule has 3 N–H and O–H groups in total. The van der Waals surface area contributed by atoms with Crippen molar-refractivity contribution in [2.24, 2.45) is 0 Å². The maximum atomic E-state index is 12.4. The van der Waals surface area contributed by atoms with Crippen molar-refractivity contribution in [3.63, 3.8) is 0 Å². The number of nitrogens with zero attached hydrogens (tertiary/aromatic N) is 5. The highest BCUT2D eigenvalue weighted by Gasteiger charge is 2.25. The smallest absolute Gasteiger partial charge is 0.246 e. The second-order valence-electron chi connectivity index (χ2n) is 8.26. The van der Waals surface area contributed by atoms with Gasteiger partial charge in [-0.3, -0.25) is 9.48 Å². The number of nitrogen functional groups attached to an aromatic ring is 1. The molecule has 1 aliphatic rings. The predicted octanol–water partition coefficient (Wildman–Crippen LogP) is 3.45. The number of aromatic nitrogens is 5. The lowest BCUT2D eigenvalue weighted by Crippen LogP contribution is -2.19. The number of benzene rings is 1. The molecule has 0 saturated carbocycles. The minimum Gasteiger partial charge on any atom is -0.382 e. The van der Waals surface area contributed by atoms with Gasteiger partial charge >= 0.3 is 0 Å². The molecule has 31 heavy (non-hydrogen) atoms. The van der Waals surface area contributed by atoms with E-state index in [-0.39, 0.29) is 12.5 Å². The first kappa shape index (κ1) is 19.3. The van der Waals surface area contributed by atoms with E-state index >= 15 is 0 Å². The van der Waals surface area contributed by atoms with Crippen LogP contribution in [0.4, 0.5) is 11.5 Å². The zero-order valence-electron chi connectivity index (χ0n) is 17.7. The van der Waals surface area contributed by atoms with E-state index < -0.39 is 0 Å². The van der Waals surface area contributed by atoms with Crippen molar-refractivity contribution in [2.75, 3.05) is 11.1 Å². The van der Waals surface area contributed by atoms with E-state index in [9.17, 15) is 4.79 Å². The van der Waals surface area contributed by atoms with Gasteiger partial charge in [0.15, 0.2) is 5.82 Å². The lowest BCUT2D eigenvalue weighted by atomic mass is 10.1. The molecule has 8 heteroatoms. The van der Waals surface area contributed by atoms with Gasteiger partial charge in [0.2, 0.25) is 5.91 Å². The minimum atomic E-state index is -0.115. The highest BCUT2D eigenvalue weighted by atomic mass is 16.2. The summed E-state index contributed by atoms with van der Waals surface area (Å²) < 4.78 is 3.83. The van der Waals surface area contributed by atoms with Gasteiger partial charge < -0.3 is 15.6 Å². The number of amides is 1. The Morgan fingerprint density at radius 1 is 1.16 bits per heavy atom. The highest BCUT2D eigenvalue weighted by Crippen LogP contribution is 2.36. The molecule has 4 aromatic rings. The summed E-state index contributed by atoms with van der Waals surface area (Å²) in [4.78, 5) is 21.1. The molecule has 0 radical (unpaired) electrons. The van der Waals surface area contributed by atoms with Crippen LogP contribution < -0.4 is 11.1 Å². The van der Waals surface area contributed by atoms with Crippen LogP contribution in [0, 0.1) is 0 Å². The van der Waals surface area contributed by atoms with Crippen molar-refractivity contribution in [1.29, 1.82) is 0 Å². The number of rotatable bonds is 5. The fourth-order valence-corrected chi connectivity index (χ4v) is 4.30. The van der Waals surface area contributed by atoms with Crippen LogP contribution in [0.5, 0.6) is 0 Å². The second-order valence-corrected chi connectivity index (χ2v) is 8.26. The molecular weight excluding hydrogens is 390 g/mol. The summed E-state index contributed by atoms with van der Waals surface area (Å²) in [7, 11) is 0. The van der Waals surface area contributed by atoms with Crippen molar-refractivity contribution in [1.82, 2.24) is 24.3 Å². The number of aryl methyl sites for hydroxylation is 1. The molecule has 0 bridgehead atoms. The molecule has 5 rings (SSSR count). The van der Waals surface area contributed by atoms with Crippen LogP contribution in [0.3, 0.4) is 0 Å². The zero-order valence-corrected chi connectivity index (χ0v) is 17.7. The average Bonchev–Trinajstić information content (AvgIpc) is 3.45. The lowest BCUT2D eigenvalue weighted by molar-refractivity contribution is -0.116. The summed E-state index contributed by atoms with van der Waals surface area (Å²) in [6.07, 6.45) is 6.48. The fourth-order valence-electron chi connectivity index (χ4n) is 4.30. The predicted molar refractivity (Wildman–Crippen MR) is 120 cm³/mol. The van der Waals surface area contributed by atoms with Crippen LogP contribution in [0.1, 0.15) is 43.1 Å². The van der Waals surface area contributed by atoms with Crippen molar-refractivity contribution < 1.29 is 4.79 Å². The Morgan fingerprint density at radius 2 is 1.97 bits per heavy atom. The van der Waals surface area contributed by atoms with E-state index in [4.69, 9.17) is 5.73 Å². The first-order chi connectivity index (χ1) is 15.0. The monoisotopic (exact) mass is 415 g/mol. The van der Waals surface area contributed by atoms with Gasteiger partial charge in [0, 0.05) is 23.3 Å². The summed E-state index contributed by atoms with van der Waals surface area (Å²) in [5, 5.41) is 7.38. The Hall–Kier alpha value is -3.68. The quantitative estimate of drug-likeness (QED) is 0.520. The van der Waals surface area contributed by atoms with Crippen molar-refractivity contribution in [2.45, 2.75) is 45.6 Å². The normalized spacial score (nSPS) is 13.1. The second kappa shape index (κ2) is 7.54. The van der Waals surface area contributed by atoms with E-state index in [0.29, 0.717) is 11.7 Å². The van der Waals surface area contributed by atoms with Crippen LogP contribution >= 0.6 is 0 Å². The van der Waals surface area contributed by atoms with Gasteiger partial charge in [-0.05, 0) is 61.1 Å². The summed E-state index contributed by atoms with van der Waals surface area (Å²) >= 11 is 0. The molecule has 3 heterocycles. The fraction of sp³-hybridized carbons (Fsp3) is 0.304. The molecule has 0 spiro atoms. The summed E-state index contributed by atoms with van der Waals surface area (Å²) in [5.41, 5.74) is 13.2. The molecule has 0 atom stereocenters. The summed E-state index contributed by atoms with van der Waals surface area (Å²) in [5.74, 6) is 0.704. The van der Waals surface area contributed by atoms with E-state index in [1.54, 1.807) is 4.68 Å². The number of anilines is 2. The standard InChI is InChI=1S/C23H25N7O/c1-14(2)18-10-11-29(28-18)12-20(31)27-15-6-8-16(9-7-15)30-19-5-3-4-17(19)21-22(30)23(24)26-13-25-21/h6-11,13-14H,3-5,12H2,1-2H3,(H,27,31)(H2,24,25,26). The topological polar surface area (TPSA) is 104 Å². The minimum absolute atomic E-state index is 0.115. The molecule has 0 unspecified atom stereocenters. The summed E-state index contributed by atoms with van der Waals surface area (Å²) in [6, 6.07) is 9.74. The molecule has 1 amide bonds. The molecule has 158 valence electrons. The van der Waals surface area contributed by atoms with Gasteiger partial charge in [-0.15, -0.1) is 0 Å². The van der Waals surface area contributed by atoms with E-state index in [2.05, 4.69) is 38.8 Å². The Balaban J connectivity index is 1.38.